The molecule has 1 N–H and O–H groups in total. The molecule has 0 aromatic carbocycles. The van der Waals surface area contributed by atoms with Gasteiger partial charge in [0.15, 0.2) is 0 Å². The van der Waals surface area contributed by atoms with E-state index >= 15 is 0 Å². The summed E-state index contributed by atoms with van der Waals surface area (Å²) in [7, 11) is 1.86. The fraction of sp³-hybridized carbons (Fsp3) is 0.429. The van der Waals surface area contributed by atoms with E-state index in [1.54, 1.807) is 21.8 Å². The first-order valence-electron chi connectivity index (χ1n) is 10.2. The number of aryl methyl sites for hydroxylation is 1. The number of halogens is 3. The predicted octanol–water partition coefficient (Wildman–Crippen LogP) is 2.97. The summed E-state index contributed by atoms with van der Waals surface area (Å²) in [6.07, 6.45) is 4.50. The number of anilines is 1. The van der Waals surface area contributed by atoms with Gasteiger partial charge in [0.2, 0.25) is 5.91 Å². The molecular weight excluding hydrogens is 425 g/mol. The molecule has 1 spiro atoms. The number of alkyl halides is 3. The highest BCUT2D eigenvalue weighted by Crippen LogP contribution is 2.53. The number of fused-ring (bicyclic) bond motifs is 1. The van der Waals surface area contributed by atoms with Crippen molar-refractivity contribution in [2.45, 2.75) is 25.4 Å². The van der Waals surface area contributed by atoms with Gasteiger partial charge in [-0.05, 0) is 24.8 Å². The van der Waals surface area contributed by atoms with Gasteiger partial charge in [0.1, 0.15) is 11.2 Å². The van der Waals surface area contributed by atoms with Crippen LogP contribution in [0, 0.1) is 11.3 Å². The van der Waals surface area contributed by atoms with Crippen LogP contribution >= 0.6 is 0 Å². The molecule has 168 valence electrons. The van der Waals surface area contributed by atoms with Crippen LogP contribution in [0.15, 0.2) is 37.1 Å². The Balaban J connectivity index is 1.12. The summed E-state index contributed by atoms with van der Waals surface area (Å²) in [4.78, 5) is 30.5. The molecule has 4 heterocycles. The molecule has 5 rings (SSSR count). The summed E-state index contributed by atoms with van der Waals surface area (Å²) in [6.45, 7) is 1.28. The third kappa shape index (κ3) is 3.51. The van der Waals surface area contributed by atoms with Crippen LogP contribution in [-0.4, -0.2) is 49.0 Å². The molecule has 3 aromatic heterocycles. The van der Waals surface area contributed by atoms with E-state index in [4.69, 9.17) is 0 Å². The lowest BCUT2D eigenvalue weighted by Gasteiger charge is -2.59. The van der Waals surface area contributed by atoms with Gasteiger partial charge in [-0.2, -0.15) is 18.3 Å². The third-order valence-corrected chi connectivity index (χ3v) is 6.37. The second-order valence-corrected chi connectivity index (χ2v) is 8.88. The molecule has 1 saturated carbocycles. The maximum absolute atomic E-state index is 12.8. The number of aromatic nitrogens is 4. The summed E-state index contributed by atoms with van der Waals surface area (Å²) in [6, 6.07) is 0.878. The predicted molar refractivity (Wildman–Crippen MR) is 108 cm³/mol. The Bertz CT molecular complexity index is 1200. The number of hydrogen-bond donors (Lipinski definition) is 1. The van der Waals surface area contributed by atoms with Crippen molar-refractivity contribution in [2.24, 2.45) is 18.4 Å². The molecule has 0 unspecified atom stereocenters. The average molecular weight is 446 g/mol. The van der Waals surface area contributed by atoms with E-state index < -0.39 is 11.7 Å². The minimum atomic E-state index is -4.51. The molecule has 1 aliphatic heterocycles. The van der Waals surface area contributed by atoms with Crippen molar-refractivity contribution in [1.82, 2.24) is 24.1 Å². The molecule has 0 bridgehead atoms. The lowest BCUT2D eigenvalue weighted by atomic mass is 9.57. The number of carbonyl (C=O) groups is 2. The second kappa shape index (κ2) is 7.07. The molecule has 1 saturated heterocycles. The normalized spacial score (nSPS) is 17.9. The standard InChI is InChI=1S/C21H21F3N6O2/c1-28-2-3-30-18(28)16(10-26-30)19(32)29-11-20(12-29)6-13(7-20)4-17(31)27-15-5-14(8-25-9-15)21(22,23)24/h2-3,5,8-10,13H,4,6-7,11-12H2,1H3,(H,27,31). The summed E-state index contributed by atoms with van der Waals surface area (Å²) >= 11 is 0. The Hall–Kier alpha value is -3.37. The Labute approximate surface area is 181 Å². The quantitative estimate of drug-likeness (QED) is 0.668. The average Bonchev–Trinajstić information content (AvgIpc) is 3.25. The van der Waals surface area contributed by atoms with Crippen LogP contribution in [0.4, 0.5) is 18.9 Å². The first-order valence-corrected chi connectivity index (χ1v) is 10.2. The van der Waals surface area contributed by atoms with Gasteiger partial charge in [0.05, 0.1) is 23.6 Å². The van der Waals surface area contributed by atoms with Crippen LogP contribution in [0.5, 0.6) is 0 Å². The van der Waals surface area contributed by atoms with E-state index in [1.807, 2.05) is 17.8 Å². The van der Waals surface area contributed by atoms with Gasteiger partial charge in [-0.25, -0.2) is 4.52 Å². The lowest BCUT2D eigenvalue weighted by molar-refractivity contribution is -0.137. The molecule has 2 aliphatic rings. The summed E-state index contributed by atoms with van der Waals surface area (Å²) in [5.41, 5.74) is 0.495. The number of imidazole rings is 1. The topological polar surface area (TPSA) is 84.5 Å². The van der Waals surface area contributed by atoms with Gasteiger partial charge < -0.3 is 14.8 Å². The molecule has 2 amide bonds. The van der Waals surface area contributed by atoms with Crippen molar-refractivity contribution < 1.29 is 22.8 Å². The monoisotopic (exact) mass is 446 g/mol. The van der Waals surface area contributed by atoms with E-state index in [-0.39, 0.29) is 35.3 Å². The number of likely N-dealkylation sites (tertiary alicyclic amines) is 1. The van der Waals surface area contributed by atoms with E-state index in [1.165, 1.54) is 6.20 Å². The number of pyridine rings is 1. The van der Waals surface area contributed by atoms with Crippen LogP contribution in [0.1, 0.15) is 35.2 Å². The summed E-state index contributed by atoms with van der Waals surface area (Å²) in [5, 5.41) is 6.71. The third-order valence-electron chi connectivity index (χ3n) is 6.37. The number of nitrogens with zero attached hydrogens (tertiary/aromatic N) is 5. The Kier molecular flexibility index (Phi) is 4.54. The largest absolute Gasteiger partial charge is 0.417 e. The zero-order valence-electron chi connectivity index (χ0n) is 17.3. The Morgan fingerprint density at radius 3 is 2.66 bits per heavy atom. The highest BCUT2D eigenvalue weighted by atomic mass is 19.4. The molecule has 2 fully saturated rings. The lowest BCUT2D eigenvalue weighted by Crippen LogP contribution is -2.63. The van der Waals surface area contributed by atoms with Crippen LogP contribution in [-0.2, 0) is 18.0 Å². The number of rotatable bonds is 4. The van der Waals surface area contributed by atoms with Crippen molar-refractivity contribution in [2.75, 3.05) is 18.4 Å². The van der Waals surface area contributed by atoms with Gasteiger partial charge in [-0.1, -0.05) is 0 Å². The summed E-state index contributed by atoms with van der Waals surface area (Å²) in [5.74, 6) is -0.225. The number of nitrogens with one attached hydrogen (secondary N) is 1. The highest BCUT2D eigenvalue weighted by Gasteiger charge is 2.54. The minimum absolute atomic E-state index is 0.0347. The van der Waals surface area contributed by atoms with Crippen LogP contribution in [0.25, 0.3) is 5.65 Å². The maximum Gasteiger partial charge on any atom is 0.417 e. The molecule has 8 nitrogen and oxygen atoms in total. The van der Waals surface area contributed by atoms with Crippen LogP contribution in [0.2, 0.25) is 0 Å². The van der Waals surface area contributed by atoms with Crippen molar-refractivity contribution in [3.63, 3.8) is 0 Å². The number of hydrogen-bond acceptors (Lipinski definition) is 4. The molecule has 11 heteroatoms. The fourth-order valence-corrected chi connectivity index (χ4v) is 4.98. The molecule has 32 heavy (non-hydrogen) atoms. The van der Waals surface area contributed by atoms with E-state index in [0.29, 0.717) is 18.7 Å². The van der Waals surface area contributed by atoms with Gasteiger partial charge in [-0.3, -0.25) is 14.6 Å². The first kappa shape index (κ1) is 20.5. The van der Waals surface area contributed by atoms with Crippen LogP contribution in [0.3, 0.4) is 0 Å². The van der Waals surface area contributed by atoms with E-state index in [2.05, 4.69) is 15.4 Å². The summed E-state index contributed by atoms with van der Waals surface area (Å²) < 4.78 is 41.9. The zero-order chi connectivity index (χ0) is 22.7. The van der Waals surface area contributed by atoms with Crippen molar-refractivity contribution in [3.8, 4) is 0 Å². The molecule has 3 aromatic rings. The maximum atomic E-state index is 12.8. The number of amides is 2. The number of carbonyl (C=O) groups excluding carboxylic acids is 2. The molecule has 0 radical (unpaired) electrons. The zero-order valence-corrected chi connectivity index (χ0v) is 17.3. The Morgan fingerprint density at radius 1 is 1.19 bits per heavy atom. The molecule has 0 atom stereocenters. The van der Waals surface area contributed by atoms with Gasteiger partial charge >= 0.3 is 6.18 Å². The van der Waals surface area contributed by atoms with Crippen molar-refractivity contribution >= 4 is 23.1 Å². The molecule has 1 aliphatic carbocycles. The SMILES string of the molecule is Cn1ccn2ncc(C(=O)N3CC4(CC(CC(=O)Nc5cncc(C(F)(F)F)c5)C4)C3)c12. The smallest absolute Gasteiger partial charge is 0.337 e. The van der Waals surface area contributed by atoms with Crippen molar-refractivity contribution in [3.05, 3.63) is 48.2 Å². The highest BCUT2D eigenvalue weighted by molar-refractivity contribution is 6.00. The fourth-order valence-electron chi connectivity index (χ4n) is 4.98. The van der Waals surface area contributed by atoms with Crippen LogP contribution < -0.4 is 5.32 Å². The van der Waals surface area contributed by atoms with Crippen molar-refractivity contribution in [1.29, 1.82) is 0 Å². The minimum Gasteiger partial charge on any atom is -0.337 e. The van der Waals surface area contributed by atoms with E-state index in [9.17, 15) is 22.8 Å². The van der Waals surface area contributed by atoms with E-state index in [0.717, 1.165) is 30.8 Å². The Morgan fingerprint density at radius 2 is 1.94 bits per heavy atom. The van der Waals surface area contributed by atoms with Gasteiger partial charge in [-0.15, -0.1) is 0 Å². The van der Waals surface area contributed by atoms with Gasteiger partial charge in [0, 0.05) is 50.6 Å². The first-order chi connectivity index (χ1) is 15.1. The second-order valence-electron chi connectivity index (χ2n) is 8.88. The molecular formula is C21H21F3N6O2. The van der Waals surface area contributed by atoms with Gasteiger partial charge in [0.25, 0.3) is 5.91 Å².